The summed E-state index contributed by atoms with van der Waals surface area (Å²) >= 11 is 0. The molecule has 0 bridgehead atoms. The standard InChI is InChI=1S/C19H18N4O2/c1-2-10-23-13-20-16-11-14(8-9-17(16)23)19-21-18(25-22-19)12-24-15-6-4-3-5-7-15/h3-9,11,13H,2,10,12H2,1H3. The lowest BCUT2D eigenvalue weighted by Gasteiger charge is -2.01. The van der Waals surface area contributed by atoms with E-state index in [0.29, 0.717) is 11.7 Å². The van der Waals surface area contributed by atoms with Gasteiger partial charge in [0.1, 0.15) is 5.75 Å². The number of rotatable bonds is 6. The second-order valence-corrected chi connectivity index (χ2v) is 5.75. The number of fused-ring (bicyclic) bond motifs is 1. The van der Waals surface area contributed by atoms with Crippen LogP contribution in [0.3, 0.4) is 0 Å². The van der Waals surface area contributed by atoms with Crippen LogP contribution in [-0.2, 0) is 13.2 Å². The molecule has 4 rings (SSSR count). The van der Waals surface area contributed by atoms with Gasteiger partial charge in [0.25, 0.3) is 5.89 Å². The summed E-state index contributed by atoms with van der Waals surface area (Å²) in [6.07, 6.45) is 2.94. The van der Waals surface area contributed by atoms with Crippen LogP contribution in [0, 0.1) is 0 Å². The highest BCUT2D eigenvalue weighted by atomic mass is 16.5. The summed E-state index contributed by atoms with van der Waals surface area (Å²) in [6, 6.07) is 15.6. The molecule has 0 saturated heterocycles. The molecule has 2 aromatic carbocycles. The first-order valence-electron chi connectivity index (χ1n) is 8.29. The Kier molecular flexibility index (Phi) is 4.16. The highest BCUT2D eigenvalue weighted by Crippen LogP contribution is 2.22. The molecule has 2 heterocycles. The van der Waals surface area contributed by atoms with E-state index in [1.165, 1.54) is 0 Å². The normalized spacial score (nSPS) is 11.1. The van der Waals surface area contributed by atoms with E-state index in [0.717, 1.165) is 35.3 Å². The zero-order valence-corrected chi connectivity index (χ0v) is 13.9. The molecule has 0 radical (unpaired) electrons. The lowest BCUT2D eigenvalue weighted by atomic mass is 10.2. The summed E-state index contributed by atoms with van der Waals surface area (Å²) in [6.45, 7) is 3.35. The van der Waals surface area contributed by atoms with Crippen molar-refractivity contribution in [2.45, 2.75) is 26.5 Å². The van der Waals surface area contributed by atoms with E-state index < -0.39 is 0 Å². The maximum Gasteiger partial charge on any atom is 0.264 e. The van der Waals surface area contributed by atoms with Crippen molar-refractivity contribution >= 4 is 11.0 Å². The van der Waals surface area contributed by atoms with E-state index in [1.54, 1.807) is 0 Å². The Hall–Kier alpha value is -3.15. The molecule has 6 nitrogen and oxygen atoms in total. The molecule has 0 saturated carbocycles. The lowest BCUT2D eigenvalue weighted by Crippen LogP contribution is -1.95. The maximum atomic E-state index is 5.63. The van der Waals surface area contributed by atoms with Gasteiger partial charge in [0.05, 0.1) is 17.4 Å². The minimum Gasteiger partial charge on any atom is -0.484 e. The van der Waals surface area contributed by atoms with Crippen molar-refractivity contribution in [3.05, 3.63) is 60.7 Å². The van der Waals surface area contributed by atoms with Gasteiger partial charge in [-0.15, -0.1) is 0 Å². The monoisotopic (exact) mass is 334 g/mol. The number of benzene rings is 2. The van der Waals surface area contributed by atoms with Crippen LogP contribution in [0.1, 0.15) is 19.2 Å². The molecule has 0 atom stereocenters. The van der Waals surface area contributed by atoms with Crippen LogP contribution < -0.4 is 4.74 Å². The van der Waals surface area contributed by atoms with Crippen LogP contribution in [0.4, 0.5) is 0 Å². The van der Waals surface area contributed by atoms with E-state index in [1.807, 2.05) is 54.9 Å². The summed E-state index contributed by atoms with van der Waals surface area (Å²) in [5, 5.41) is 4.05. The van der Waals surface area contributed by atoms with Crippen LogP contribution in [-0.4, -0.2) is 19.7 Å². The fraction of sp³-hybridized carbons (Fsp3) is 0.211. The predicted octanol–water partition coefficient (Wildman–Crippen LogP) is 4.08. The number of aromatic nitrogens is 4. The Morgan fingerprint density at radius 3 is 2.84 bits per heavy atom. The van der Waals surface area contributed by atoms with E-state index in [9.17, 15) is 0 Å². The summed E-state index contributed by atoms with van der Waals surface area (Å²) in [5.74, 6) is 1.75. The molecule has 0 aliphatic carbocycles. The first-order valence-corrected chi connectivity index (χ1v) is 8.29. The predicted molar refractivity (Wildman–Crippen MR) is 94.1 cm³/mol. The Balaban J connectivity index is 1.52. The Labute approximate surface area is 145 Å². The molecule has 2 aromatic heterocycles. The fourth-order valence-electron chi connectivity index (χ4n) is 2.71. The number of ether oxygens (including phenoxy) is 1. The topological polar surface area (TPSA) is 66.0 Å². The van der Waals surface area contributed by atoms with E-state index in [-0.39, 0.29) is 6.61 Å². The van der Waals surface area contributed by atoms with Crippen molar-refractivity contribution in [3.8, 4) is 17.1 Å². The SMILES string of the molecule is CCCn1cnc2cc(-c3noc(COc4ccccc4)n3)ccc21. The van der Waals surface area contributed by atoms with Crippen molar-refractivity contribution in [2.24, 2.45) is 0 Å². The van der Waals surface area contributed by atoms with Crippen LogP contribution in [0.2, 0.25) is 0 Å². The Morgan fingerprint density at radius 2 is 2.00 bits per heavy atom. The summed E-state index contributed by atoms with van der Waals surface area (Å²) in [5.41, 5.74) is 2.92. The fourth-order valence-corrected chi connectivity index (χ4v) is 2.71. The number of hydrogen-bond acceptors (Lipinski definition) is 5. The number of para-hydroxylation sites is 1. The zero-order valence-electron chi connectivity index (χ0n) is 13.9. The molecule has 0 unspecified atom stereocenters. The molecule has 25 heavy (non-hydrogen) atoms. The van der Waals surface area contributed by atoms with E-state index >= 15 is 0 Å². The van der Waals surface area contributed by atoms with Crippen LogP contribution in [0.5, 0.6) is 5.75 Å². The molecule has 0 spiro atoms. The third-order valence-electron chi connectivity index (χ3n) is 3.92. The number of aryl methyl sites for hydroxylation is 1. The van der Waals surface area contributed by atoms with Crippen molar-refractivity contribution in [2.75, 3.05) is 0 Å². The molecule has 0 aliphatic heterocycles. The van der Waals surface area contributed by atoms with Crippen LogP contribution in [0.25, 0.3) is 22.4 Å². The molecule has 0 aliphatic rings. The van der Waals surface area contributed by atoms with Gasteiger partial charge in [-0.3, -0.25) is 0 Å². The Morgan fingerprint density at radius 1 is 1.12 bits per heavy atom. The molecule has 126 valence electrons. The van der Waals surface area contributed by atoms with Gasteiger partial charge in [0, 0.05) is 12.1 Å². The highest BCUT2D eigenvalue weighted by Gasteiger charge is 2.11. The van der Waals surface area contributed by atoms with Crippen molar-refractivity contribution in [3.63, 3.8) is 0 Å². The molecule has 6 heteroatoms. The molecule has 0 fully saturated rings. The van der Waals surface area contributed by atoms with Crippen molar-refractivity contribution in [1.29, 1.82) is 0 Å². The van der Waals surface area contributed by atoms with Gasteiger partial charge in [0.2, 0.25) is 5.82 Å². The first kappa shape index (κ1) is 15.4. The van der Waals surface area contributed by atoms with Crippen molar-refractivity contribution in [1.82, 2.24) is 19.7 Å². The number of imidazole rings is 1. The maximum absolute atomic E-state index is 5.63. The largest absolute Gasteiger partial charge is 0.484 e. The van der Waals surface area contributed by atoms with Crippen LogP contribution >= 0.6 is 0 Å². The average Bonchev–Trinajstić information content (AvgIpc) is 3.28. The van der Waals surface area contributed by atoms with E-state index in [2.05, 4.69) is 26.6 Å². The Bertz CT molecular complexity index is 975. The molecule has 4 aromatic rings. The third-order valence-corrected chi connectivity index (χ3v) is 3.92. The van der Waals surface area contributed by atoms with Gasteiger partial charge >= 0.3 is 0 Å². The first-order chi connectivity index (χ1) is 12.3. The van der Waals surface area contributed by atoms with E-state index in [4.69, 9.17) is 9.26 Å². The highest BCUT2D eigenvalue weighted by molar-refractivity contribution is 5.80. The second kappa shape index (κ2) is 6.76. The second-order valence-electron chi connectivity index (χ2n) is 5.75. The third kappa shape index (κ3) is 3.24. The minimum absolute atomic E-state index is 0.240. The summed E-state index contributed by atoms with van der Waals surface area (Å²) < 4.78 is 13.1. The smallest absolute Gasteiger partial charge is 0.264 e. The summed E-state index contributed by atoms with van der Waals surface area (Å²) in [7, 11) is 0. The van der Waals surface area contributed by atoms with Gasteiger partial charge < -0.3 is 13.8 Å². The number of hydrogen-bond donors (Lipinski definition) is 0. The van der Waals surface area contributed by atoms with Crippen LogP contribution in [0.15, 0.2) is 59.4 Å². The van der Waals surface area contributed by atoms with Gasteiger partial charge in [-0.1, -0.05) is 30.3 Å². The van der Waals surface area contributed by atoms with Gasteiger partial charge in [-0.25, -0.2) is 4.98 Å². The van der Waals surface area contributed by atoms with Gasteiger partial charge in [-0.05, 0) is 36.8 Å². The molecule has 0 N–H and O–H groups in total. The number of nitrogens with zero attached hydrogens (tertiary/aromatic N) is 4. The lowest BCUT2D eigenvalue weighted by molar-refractivity contribution is 0.243. The molecular weight excluding hydrogens is 316 g/mol. The van der Waals surface area contributed by atoms with Crippen molar-refractivity contribution < 1.29 is 9.26 Å². The van der Waals surface area contributed by atoms with Gasteiger partial charge in [-0.2, -0.15) is 4.98 Å². The molecular formula is C19H18N4O2. The molecule has 0 amide bonds. The zero-order chi connectivity index (χ0) is 17.1. The van der Waals surface area contributed by atoms with Gasteiger partial charge in [0.15, 0.2) is 6.61 Å². The summed E-state index contributed by atoms with van der Waals surface area (Å²) in [4.78, 5) is 8.87. The quantitative estimate of drug-likeness (QED) is 0.531. The average molecular weight is 334 g/mol. The minimum atomic E-state index is 0.240.